The van der Waals surface area contributed by atoms with Gasteiger partial charge >= 0.3 is 0 Å². The maximum atomic E-state index is 5.38. The summed E-state index contributed by atoms with van der Waals surface area (Å²) >= 11 is 1.85. The van der Waals surface area contributed by atoms with Gasteiger partial charge in [-0.2, -0.15) is 0 Å². The average Bonchev–Trinajstić information content (AvgIpc) is 2.87. The zero-order valence-corrected chi connectivity index (χ0v) is 11.4. The van der Waals surface area contributed by atoms with E-state index in [-0.39, 0.29) is 0 Å². The van der Waals surface area contributed by atoms with E-state index in [1.165, 1.54) is 21.0 Å². The number of ether oxygens (including phenoxy) is 1. The monoisotopic (exact) mass is 259 g/mol. The molecule has 1 aromatic heterocycles. The van der Waals surface area contributed by atoms with Crippen molar-refractivity contribution in [3.8, 4) is 10.4 Å². The van der Waals surface area contributed by atoms with Gasteiger partial charge in [-0.05, 0) is 36.8 Å². The lowest BCUT2D eigenvalue weighted by Crippen LogP contribution is -2.36. The molecule has 18 heavy (non-hydrogen) atoms. The zero-order valence-electron chi connectivity index (χ0n) is 10.6. The number of thiophene rings is 1. The highest BCUT2D eigenvalue weighted by atomic mass is 32.1. The Labute approximate surface area is 112 Å². The van der Waals surface area contributed by atoms with Gasteiger partial charge in [0.05, 0.1) is 13.2 Å². The van der Waals surface area contributed by atoms with Crippen LogP contribution in [0.3, 0.4) is 0 Å². The SMILES string of the molecule is Cc1ccc(-c2ccc(N3CCOCC3)cc2)s1. The molecule has 0 radical (unpaired) electrons. The summed E-state index contributed by atoms with van der Waals surface area (Å²) in [6.07, 6.45) is 0. The fourth-order valence-corrected chi connectivity index (χ4v) is 3.12. The van der Waals surface area contributed by atoms with Crippen LogP contribution in [0.15, 0.2) is 36.4 Å². The van der Waals surface area contributed by atoms with E-state index in [0.29, 0.717) is 0 Å². The molecule has 0 amide bonds. The fraction of sp³-hybridized carbons (Fsp3) is 0.333. The Hall–Kier alpha value is -1.32. The van der Waals surface area contributed by atoms with E-state index in [2.05, 4.69) is 48.2 Å². The van der Waals surface area contributed by atoms with Crippen LogP contribution in [0.4, 0.5) is 5.69 Å². The Morgan fingerprint density at radius 3 is 2.33 bits per heavy atom. The van der Waals surface area contributed by atoms with Gasteiger partial charge in [-0.3, -0.25) is 0 Å². The minimum atomic E-state index is 0.839. The minimum Gasteiger partial charge on any atom is -0.378 e. The molecule has 0 aliphatic carbocycles. The molecular formula is C15H17NOS. The molecule has 0 N–H and O–H groups in total. The second-order valence-corrected chi connectivity index (χ2v) is 5.84. The first kappa shape index (κ1) is 11.8. The smallest absolute Gasteiger partial charge is 0.0642 e. The quantitative estimate of drug-likeness (QED) is 0.817. The first-order valence-electron chi connectivity index (χ1n) is 6.32. The van der Waals surface area contributed by atoms with Crippen molar-refractivity contribution >= 4 is 17.0 Å². The molecule has 1 aliphatic heterocycles. The highest BCUT2D eigenvalue weighted by molar-refractivity contribution is 7.15. The van der Waals surface area contributed by atoms with Gasteiger partial charge in [0.25, 0.3) is 0 Å². The van der Waals surface area contributed by atoms with E-state index in [0.717, 1.165) is 26.3 Å². The summed E-state index contributed by atoms with van der Waals surface area (Å²) < 4.78 is 5.38. The van der Waals surface area contributed by atoms with Crippen LogP contribution < -0.4 is 4.90 Å². The van der Waals surface area contributed by atoms with Gasteiger partial charge in [0.1, 0.15) is 0 Å². The summed E-state index contributed by atoms with van der Waals surface area (Å²) in [6.45, 7) is 5.82. The van der Waals surface area contributed by atoms with E-state index in [1.54, 1.807) is 0 Å². The van der Waals surface area contributed by atoms with Crippen molar-refractivity contribution in [3.05, 3.63) is 41.3 Å². The second-order valence-electron chi connectivity index (χ2n) is 4.56. The Kier molecular flexibility index (Phi) is 3.35. The van der Waals surface area contributed by atoms with Gasteiger partial charge in [-0.1, -0.05) is 12.1 Å². The van der Waals surface area contributed by atoms with E-state index >= 15 is 0 Å². The zero-order chi connectivity index (χ0) is 12.4. The van der Waals surface area contributed by atoms with Gasteiger partial charge in [0.15, 0.2) is 0 Å². The van der Waals surface area contributed by atoms with Gasteiger partial charge in [0, 0.05) is 28.5 Å². The second kappa shape index (κ2) is 5.12. The highest BCUT2D eigenvalue weighted by Gasteiger charge is 2.11. The average molecular weight is 259 g/mol. The summed E-state index contributed by atoms with van der Waals surface area (Å²) in [5.41, 5.74) is 2.61. The molecule has 0 atom stereocenters. The van der Waals surface area contributed by atoms with Crippen molar-refractivity contribution in [2.75, 3.05) is 31.2 Å². The molecule has 94 valence electrons. The van der Waals surface area contributed by atoms with Crippen LogP contribution in [-0.2, 0) is 4.74 Å². The lowest BCUT2D eigenvalue weighted by Gasteiger charge is -2.28. The molecule has 0 saturated carbocycles. The maximum absolute atomic E-state index is 5.38. The van der Waals surface area contributed by atoms with Crippen LogP contribution in [0.5, 0.6) is 0 Å². The van der Waals surface area contributed by atoms with Crippen molar-refractivity contribution in [1.29, 1.82) is 0 Å². The molecule has 3 rings (SSSR count). The van der Waals surface area contributed by atoms with Crippen LogP contribution >= 0.6 is 11.3 Å². The summed E-state index contributed by atoms with van der Waals surface area (Å²) in [7, 11) is 0. The maximum Gasteiger partial charge on any atom is 0.0642 e. The Bertz CT molecular complexity index is 512. The van der Waals surface area contributed by atoms with Gasteiger partial charge in [0.2, 0.25) is 0 Å². The molecular weight excluding hydrogens is 242 g/mol. The van der Waals surface area contributed by atoms with Crippen LogP contribution in [0, 0.1) is 6.92 Å². The van der Waals surface area contributed by atoms with Crippen molar-refractivity contribution < 1.29 is 4.74 Å². The molecule has 2 heterocycles. The van der Waals surface area contributed by atoms with Crippen molar-refractivity contribution in [3.63, 3.8) is 0 Å². The van der Waals surface area contributed by atoms with E-state index in [9.17, 15) is 0 Å². The third-order valence-corrected chi connectivity index (χ3v) is 4.32. The molecule has 1 saturated heterocycles. The number of aryl methyl sites for hydroxylation is 1. The number of anilines is 1. The van der Waals surface area contributed by atoms with Crippen LogP contribution in [0.25, 0.3) is 10.4 Å². The largest absolute Gasteiger partial charge is 0.378 e. The molecule has 1 aliphatic rings. The van der Waals surface area contributed by atoms with E-state index < -0.39 is 0 Å². The number of hydrogen-bond donors (Lipinski definition) is 0. The number of morpholine rings is 1. The molecule has 2 nitrogen and oxygen atoms in total. The lowest BCUT2D eigenvalue weighted by molar-refractivity contribution is 0.122. The van der Waals surface area contributed by atoms with Gasteiger partial charge in [-0.25, -0.2) is 0 Å². The normalized spacial score (nSPS) is 15.9. The van der Waals surface area contributed by atoms with E-state index in [1.807, 2.05) is 11.3 Å². The summed E-state index contributed by atoms with van der Waals surface area (Å²) in [4.78, 5) is 5.09. The number of rotatable bonds is 2. The Morgan fingerprint density at radius 2 is 1.72 bits per heavy atom. The first-order valence-corrected chi connectivity index (χ1v) is 7.14. The number of benzene rings is 1. The predicted octanol–water partition coefficient (Wildman–Crippen LogP) is 3.56. The molecule has 1 aromatic carbocycles. The molecule has 0 bridgehead atoms. The fourth-order valence-electron chi connectivity index (χ4n) is 2.25. The van der Waals surface area contributed by atoms with Crippen LogP contribution in [0.1, 0.15) is 4.88 Å². The third-order valence-electron chi connectivity index (χ3n) is 3.27. The Morgan fingerprint density at radius 1 is 1.00 bits per heavy atom. The van der Waals surface area contributed by atoms with Crippen molar-refractivity contribution in [1.82, 2.24) is 0 Å². The predicted molar refractivity (Wildman–Crippen MR) is 77.5 cm³/mol. The molecule has 1 fully saturated rings. The van der Waals surface area contributed by atoms with Crippen LogP contribution in [-0.4, -0.2) is 26.3 Å². The third kappa shape index (κ3) is 2.42. The minimum absolute atomic E-state index is 0.839. The number of hydrogen-bond acceptors (Lipinski definition) is 3. The number of nitrogens with zero attached hydrogens (tertiary/aromatic N) is 1. The van der Waals surface area contributed by atoms with E-state index in [4.69, 9.17) is 4.74 Å². The lowest BCUT2D eigenvalue weighted by atomic mass is 10.1. The van der Waals surface area contributed by atoms with Crippen molar-refractivity contribution in [2.45, 2.75) is 6.92 Å². The molecule has 2 aromatic rings. The summed E-state index contributed by atoms with van der Waals surface area (Å²) in [5.74, 6) is 0. The summed E-state index contributed by atoms with van der Waals surface area (Å²) in [6, 6.07) is 13.2. The molecule has 0 unspecified atom stereocenters. The van der Waals surface area contributed by atoms with Crippen LogP contribution in [0.2, 0.25) is 0 Å². The van der Waals surface area contributed by atoms with Crippen molar-refractivity contribution in [2.24, 2.45) is 0 Å². The highest BCUT2D eigenvalue weighted by Crippen LogP contribution is 2.29. The molecule has 0 spiro atoms. The Balaban J connectivity index is 1.80. The van der Waals surface area contributed by atoms with Gasteiger partial charge < -0.3 is 9.64 Å². The standard InChI is InChI=1S/C15H17NOS/c1-12-2-7-15(18-12)13-3-5-14(6-4-13)16-8-10-17-11-9-16/h2-7H,8-11H2,1H3. The topological polar surface area (TPSA) is 12.5 Å². The van der Waals surface area contributed by atoms with Gasteiger partial charge in [-0.15, -0.1) is 11.3 Å². The first-order chi connectivity index (χ1) is 8.83. The summed E-state index contributed by atoms with van der Waals surface area (Å²) in [5, 5.41) is 0. The molecule has 3 heteroatoms.